The summed E-state index contributed by atoms with van der Waals surface area (Å²) in [6.07, 6.45) is 2.47. The Morgan fingerprint density at radius 1 is 1.00 bits per heavy atom. The Labute approximate surface area is 108 Å². The van der Waals surface area contributed by atoms with Crippen LogP contribution in [0.4, 0.5) is 0 Å². The van der Waals surface area contributed by atoms with Crippen molar-refractivity contribution in [3.63, 3.8) is 0 Å². The van der Waals surface area contributed by atoms with Crippen LogP contribution >= 0.6 is 10.9 Å². The molecule has 1 aromatic carbocycles. The minimum atomic E-state index is 0.0778. The highest BCUT2D eigenvalue weighted by Gasteiger charge is 2.10. The molecule has 0 radical (unpaired) electrons. The molecule has 1 fully saturated rings. The van der Waals surface area contributed by atoms with Crippen molar-refractivity contribution < 1.29 is 4.74 Å². The van der Waals surface area contributed by atoms with Gasteiger partial charge in [0.25, 0.3) is 0 Å². The minimum absolute atomic E-state index is 0.0778. The first-order chi connectivity index (χ1) is 8.27. The van der Waals surface area contributed by atoms with Gasteiger partial charge in [-0.2, -0.15) is 0 Å². The zero-order chi connectivity index (χ0) is 12.1. The Kier molecular flexibility index (Phi) is 4.93. The number of rotatable bonds is 2. The minimum Gasteiger partial charge on any atom is -0.381 e. The third-order valence-corrected chi connectivity index (χ3v) is 6.10. The lowest BCUT2D eigenvalue weighted by molar-refractivity contribution is 0.135. The van der Waals surface area contributed by atoms with Crippen molar-refractivity contribution >= 4 is 10.9 Å². The first-order valence-corrected chi connectivity index (χ1v) is 8.41. The predicted molar refractivity (Wildman–Crippen MR) is 77.6 cm³/mol. The van der Waals surface area contributed by atoms with Crippen molar-refractivity contribution in [3.8, 4) is 0 Å². The number of hydrogen-bond donors (Lipinski definition) is 1. The van der Waals surface area contributed by atoms with Crippen molar-refractivity contribution in [1.82, 2.24) is 0 Å². The Balaban J connectivity index is 2.04. The molecule has 0 unspecified atom stereocenters. The van der Waals surface area contributed by atoms with E-state index in [1.54, 1.807) is 4.90 Å². The smallest absolute Gasteiger partial charge is 0.0473 e. The van der Waals surface area contributed by atoms with Crippen LogP contribution in [0.3, 0.4) is 0 Å². The van der Waals surface area contributed by atoms with Crippen LogP contribution in [-0.2, 0) is 4.74 Å². The van der Waals surface area contributed by atoms with Gasteiger partial charge in [0.05, 0.1) is 0 Å². The van der Waals surface area contributed by atoms with Crippen LogP contribution in [0.2, 0.25) is 0 Å². The average molecular weight is 252 g/mol. The van der Waals surface area contributed by atoms with Crippen LogP contribution in [0.5, 0.6) is 0 Å². The van der Waals surface area contributed by atoms with E-state index in [0.29, 0.717) is 5.92 Å². The van der Waals surface area contributed by atoms with Gasteiger partial charge in [-0.25, -0.2) is 10.9 Å². The topological polar surface area (TPSA) is 9.23 Å². The van der Waals surface area contributed by atoms with Gasteiger partial charge in [0.2, 0.25) is 0 Å². The predicted octanol–water partition coefficient (Wildman–Crippen LogP) is 3.98. The maximum Gasteiger partial charge on any atom is 0.0473 e. The van der Waals surface area contributed by atoms with Gasteiger partial charge in [-0.15, -0.1) is 0 Å². The molecule has 2 rings (SSSR count). The van der Waals surface area contributed by atoms with Gasteiger partial charge in [-0.1, -0.05) is 38.1 Å². The summed E-state index contributed by atoms with van der Waals surface area (Å²) in [5.41, 5.74) is 1.46. The van der Waals surface area contributed by atoms with Gasteiger partial charge in [-0.05, 0) is 40.7 Å². The van der Waals surface area contributed by atoms with E-state index in [9.17, 15) is 0 Å². The van der Waals surface area contributed by atoms with Crippen LogP contribution in [0.1, 0.15) is 38.2 Å². The van der Waals surface area contributed by atoms with Gasteiger partial charge < -0.3 is 4.74 Å². The van der Waals surface area contributed by atoms with Gasteiger partial charge in [0, 0.05) is 13.2 Å². The molecule has 0 spiro atoms. The number of benzene rings is 1. The standard InChI is InChI=1S/C15H24OS/c1-13(2)14-5-7-15(8-6-14)17-11-3-9-16-10-4-12-17/h5-8,13,17H,3-4,9-12H2,1-2H3. The van der Waals surface area contributed by atoms with E-state index in [1.807, 2.05) is 0 Å². The Morgan fingerprint density at radius 2 is 1.59 bits per heavy atom. The van der Waals surface area contributed by atoms with E-state index in [4.69, 9.17) is 4.74 Å². The molecule has 0 saturated carbocycles. The van der Waals surface area contributed by atoms with E-state index < -0.39 is 0 Å². The molecule has 1 saturated heterocycles. The summed E-state index contributed by atoms with van der Waals surface area (Å²) < 4.78 is 5.52. The number of ether oxygens (including phenoxy) is 1. The van der Waals surface area contributed by atoms with E-state index in [1.165, 1.54) is 29.9 Å². The van der Waals surface area contributed by atoms with Crippen molar-refractivity contribution in [2.45, 2.75) is 37.5 Å². The molecular weight excluding hydrogens is 228 g/mol. The van der Waals surface area contributed by atoms with Crippen molar-refractivity contribution in [2.75, 3.05) is 24.7 Å². The molecule has 1 heterocycles. The quantitative estimate of drug-likeness (QED) is 0.783. The fourth-order valence-electron chi connectivity index (χ4n) is 2.26. The van der Waals surface area contributed by atoms with E-state index in [2.05, 4.69) is 38.1 Å². The maximum absolute atomic E-state index is 5.52. The Hall–Kier alpha value is -0.470. The molecule has 0 N–H and O–H groups in total. The summed E-state index contributed by atoms with van der Waals surface area (Å²) >= 11 is 0. The highest BCUT2D eigenvalue weighted by molar-refractivity contribution is 8.17. The lowest BCUT2D eigenvalue weighted by Gasteiger charge is -2.24. The summed E-state index contributed by atoms with van der Waals surface area (Å²) in [7, 11) is 0.0778. The van der Waals surface area contributed by atoms with Gasteiger partial charge in [0.15, 0.2) is 0 Å². The fraction of sp³-hybridized carbons (Fsp3) is 0.600. The summed E-state index contributed by atoms with van der Waals surface area (Å²) in [4.78, 5) is 1.59. The van der Waals surface area contributed by atoms with Crippen molar-refractivity contribution in [2.24, 2.45) is 0 Å². The van der Waals surface area contributed by atoms with Crippen LogP contribution in [0.15, 0.2) is 29.2 Å². The van der Waals surface area contributed by atoms with Crippen molar-refractivity contribution in [3.05, 3.63) is 29.8 Å². The molecule has 1 aromatic rings. The number of hydrogen-bond acceptors (Lipinski definition) is 1. The van der Waals surface area contributed by atoms with E-state index in [-0.39, 0.29) is 10.9 Å². The normalized spacial score (nSPS) is 20.1. The monoisotopic (exact) mass is 252 g/mol. The van der Waals surface area contributed by atoms with E-state index in [0.717, 1.165) is 13.2 Å². The molecule has 17 heavy (non-hydrogen) atoms. The zero-order valence-electron chi connectivity index (χ0n) is 11.0. The number of thiol groups is 1. The second-order valence-corrected chi connectivity index (χ2v) is 7.54. The summed E-state index contributed by atoms with van der Waals surface area (Å²) in [5.74, 6) is 3.33. The molecule has 0 aliphatic carbocycles. The van der Waals surface area contributed by atoms with Gasteiger partial charge in [-0.3, -0.25) is 0 Å². The van der Waals surface area contributed by atoms with Crippen LogP contribution in [0, 0.1) is 0 Å². The molecule has 1 nitrogen and oxygen atoms in total. The molecule has 0 atom stereocenters. The lowest BCUT2D eigenvalue weighted by Crippen LogP contribution is -2.08. The second-order valence-electron chi connectivity index (χ2n) is 5.05. The maximum atomic E-state index is 5.52. The molecule has 1 aliphatic heterocycles. The Bertz CT molecular complexity index is 323. The first-order valence-electron chi connectivity index (χ1n) is 6.70. The molecule has 1 aliphatic rings. The van der Waals surface area contributed by atoms with E-state index >= 15 is 0 Å². The molecule has 0 bridgehead atoms. The molecule has 0 aromatic heterocycles. The molecule has 0 amide bonds. The summed E-state index contributed by atoms with van der Waals surface area (Å²) in [5, 5.41) is 0. The third kappa shape index (κ3) is 3.75. The van der Waals surface area contributed by atoms with Gasteiger partial charge in [0.1, 0.15) is 0 Å². The third-order valence-electron chi connectivity index (χ3n) is 3.36. The Morgan fingerprint density at radius 3 is 2.12 bits per heavy atom. The molecule has 2 heteroatoms. The SMILES string of the molecule is CC(C)c1ccc([SH]2CCCOCCC2)cc1. The second kappa shape index (κ2) is 6.46. The lowest BCUT2D eigenvalue weighted by atomic mass is 10.0. The van der Waals surface area contributed by atoms with Crippen LogP contribution < -0.4 is 0 Å². The van der Waals surface area contributed by atoms with Crippen LogP contribution in [-0.4, -0.2) is 24.7 Å². The largest absolute Gasteiger partial charge is 0.381 e. The summed E-state index contributed by atoms with van der Waals surface area (Å²) in [6, 6.07) is 9.36. The zero-order valence-corrected chi connectivity index (χ0v) is 11.9. The van der Waals surface area contributed by atoms with Crippen molar-refractivity contribution in [1.29, 1.82) is 0 Å². The highest BCUT2D eigenvalue weighted by Crippen LogP contribution is 2.38. The summed E-state index contributed by atoms with van der Waals surface area (Å²) in [6.45, 7) is 6.44. The van der Waals surface area contributed by atoms with Crippen LogP contribution in [0.25, 0.3) is 0 Å². The average Bonchev–Trinajstić information content (AvgIpc) is 2.29. The molecule has 96 valence electrons. The first kappa shape index (κ1) is 13.0. The molecular formula is C15H24OS. The highest BCUT2D eigenvalue weighted by atomic mass is 32.2. The van der Waals surface area contributed by atoms with Gasteiger partial charge >= 0.3 is 0 Å². The fourth-order valence-corrected chi connectivity index (χ4v) is 4.59.